The summed E-state index contributed by atoms with van der Waals surface area (Å²) in [6.45, 7) is 9.37. The first kappa shape index (κ1) is 29.2. The van der Waals surface area contributed by atoms with Gasteiger partial charge in [0.1, 0.15) is 11.6 Å². The number of amides is 2. The third-order valence-electron chi connectivity index (χ3n) is 6.86. The number of aromatic nitrogens is 2. The molecule has 1 aliphatic rings. The lowest BCUT2D eigenvalue weighted by molar-refractivity contribution is -0.128. The van der Waals surface area contributed by atoms with Crippen molar-refractivity contribution in [2.45, 2.75) is 59.6 Å². The summed E-state index contributed by atoms with van der Waals surface area (Å²) in [5, 5.41) is 6.92. The molecule has 8 nitrogen and oxygen atoms in total. The van der Waals surface area contributed by atoms with Crippen molar-refractivity contribution in [2.24, 2.45) is 12.5 Å². The maximum absolute atomic E-state index is 13.1. The van der Waals surface area contributed by atoms with Crippen LogP contribution in [0.3, 0.4) is 0 Å². The Morgan fingerprint density at radius 3 is 2.64 bits per heavy atom. The van der Waals surface area contributed by atoms with Crippen LogP contribution in [0.5, 0.6) is 5.75 Å². The molecule has 1 fully saturated rings. The fourth-order valence-corrected chi connectivity index (χ4v) is 5.10. The summed E-state index contributed by atoms with van der Waals surface area (Å²) in [6.07, 6.45) is 2.36. The fraction of sp³-hybridized carbons (Fsp3) is 0.483. The maximum Gasteiger partial charge on any atom is 0.255 e. The van der Waals surface area contributed by atoms with Crippen LogP contribution in [0.4, 0.5) is 0 Å². The van der Waals surface area contributed by atoms with Crippen LogP contribution in [0.1, 0.15) is 67.8 Å². The van der Waals surface area contributed by atoms with Gasteiger partial charge in [0.15, 0.2) is 0 Å². The number of aryl methyl sites for hydroxylation is 1. The molecule has 1 atom stereocenters. The highest BCUT2D eigenvalue weighted by Crippen LogP contribution is 2.32. The Hall–Kier alpha value is -2.81. The van der Waals surface area contributed by atoms with Crippen LogP contribution < -0.4 is 15.4 Å². The molecular formula is C29H36Cl2N4O4. The van der Waals surface area contributed by atoms with Crippen molar-refractivity contribution in [1.29, 1.82) is 0 Å². The minimum atomic E-state index is -0.505. The van der Waals surface area contributed by atoms with E-state index >= 15 is 0 Å². The van der Waals surface area contributed by atoms with Crippen LogP contribution in [0, 0.1) is 5.41 Å². The molecule has 10 heteroatoms. The standard InChI is InChI=1S/C29H36Cl2N4O4/c1-6-38-24-14-23-22(12-20(24)27(36)32-16-18-8-7-11-39-18)34-25(35(23)5)13-19-21(30)10-9-17(26(19)31)15-33-28(37)29(2,3)4/h9-10,12,14,18H,6-8,11,13,15-16H2,1-5H3,(H,32,36)(H,33,37)/t18-/m0/s1. The van der Waals surface area contributed by atoms with Crippen molar-refractivity contribution < 1.29 is 19.1 Å². The lowest BCUT2D eigenvalue weighted by Crippen LogP contribution is -2.34. The van der Waals surface area contributed by atoms with Crippen molar-refractivity contribution in [1.82, 2.24) is 20.2 Å². The summed E-state index contributed by atoms with van der Waals surface area (Å²) in [5.41, 5.74) is 2.91. The summed E-state index contributed by atoms with van der Waals surface area (Å²) in [5.74, 6) is 0.936. The molecule has 0 spiro atoms. The van der Waals surface area contributed by atoms with Gasteiger partial charge in [-0.1, -0.05) is 50.0 Å². The third-order valence-corrected chi connectivity index (χ3v) is 7.68. The number of benzene rings is 2. The fourth-order valence-electron chi connectivity index (χ4n) is 4.53. The second-order valence-corrected chi connectivity index (χ2v) is 11.6. The van der Waals surface area contributed by atoms with Crippen molar-refractivity contribution in [3.8, 4) is 5.75 Å². The summed E-state index contributed by atoms with van der Waals surface area (Å²) in [6, 6.07) is 7.21. The Balaban J connectivity index is 1.61. The van der Waals surface area contributed by atoms with Gasteiger partial charge in [-0.15, -0.1) is 0 Å². The number of halogens is 2. The molecule has 1 saturated heterocycles. The Kier molecular flexibility index (Phi) is 9.09. The van der Waals surface area contributed by atoms with E-state index in [1.54, 1.807) is 12.1 Å². The minimum Gasteiger partial charge on any atom is -0.493 e. The second-order valence-electron chi connectivity index (χ2n) is 10.8. The van der Waals surface area contributed by atoms with Gasteiger partial charge < -0.3 is 24.7 Å². The summed E-state index contributed by atoms with van der Waals surface area (Å²) in [7, 11) is 1.91. The number of carbonyl (C=O) groups excluding carboxylic acids is 2. The van der Waals surface area contributed by atoms with E-state index in [0.29, 0.717) is 53.0 Å². The highest BCUT2D eigenvalue weighted by atomic mass is 35.5. The average molecular weight is 576 g/mol. The zero-order valence-electron chi connectivity index (χ0n) is 23.1. The second kappa shape index (κ2) is 12.1. The molecule has 2 N–H and O–H groups in total. The first-order valence-electron chi connectivity index (χ1n) is 13.3. The van der Waals surface area contributed by atoms with Crippen LogP contribution in [-0.4, -0.2) is 47.2 Å². The van der Waals surface area contributed by atoms with Gasteiger partial charge in [0.05, 0.1) is 34.3 Å². The normalized spacial score (nSPS) is 15.5. The molecule has 0 aliphatic carbocycles. The van der Waals surface area contributed by atoms with E-state index in [4.69, 9.17) is 37.7 Å². The molecule has 1 aromatic heterocycles. The minimum absolute atomic E-state index is 0.0433. The molecule has 0 unspecified atom stereocenters. The summed E-state index contributed by atoms with van der Waals surface area (Å²) >= 11 is 13.3. The van der Waals surface area contributed by atoms with Crippen LogP contribution in [-0.2, 0) is 29.5 Å². The zero-order chi connectivity index (χ0) is 28.3. The van der Waals surface area contributed by atoms with E-state index < -0.39 is 5.41 Å². The number of carbonyl (C=O) groups is 2. The largest absolute Gasteiger partial charge is 0.493 e. The monoisotopic (exact) mass is 574 g/mol. The van der Waals surface area contributed by atoms with E-state index in [1.807, 2.05) is 51.4 Å². The number of imidazole rings is 1. The lowest BCUT2D eigenvalue weighted by atomic mass is 9.95. The lowest BCUT2D eigenvalue weighted by Gasteiger charge is -2.18. The van der Waals surface area contributed by atoms with Gasteiger partial charge in [-0.25, -0.2) is 4.98 Å². The molecule has 0 bridgehead atoms. The predicted octanol–water partition coefficient (Wildman–Crippen LogP) is 5.44. The molecule has 39 heavy (non-hydrogen) atoms. The molecule has 2 aromatic carbocycles. The topological polar surface area (TPSA) is 94.5 Å². The predicted molar refractivity (Wildman–Crippen MR) is 154 cm³/mol. The maximum atomic E-state index is 13.1. The van der Waals surface area contributed by atoms with Crippen molar-refractivity contribution in [3.05, 3.63) is 56.8 Å². The summed E-state index contributed by atoms with van der Waals surface area (Å²) < 4.78 is 13.4. The first-order chi connectivity index (χ1) is 18.5. The van der Waals surface area contributed by atoms with Gasteiger partial charge >= 0.3 is 0 Å². The quantitative estimate of drug-likeness (QED) is 0.355. The van der Waals surface area contributed by atoms with E-state index in [0.717, 1.165) is 41.9 Å². The van der Waals surface area contributed by atoms with Crippen LogP contribution in [0.2, 0.25) is 10.0 Å². The van der Waals surface area contributed by atoms with Gasteiger partial charge in [0.25, 0.3) is 5.91 Å². The number of nitrogens with zero attached hydrogens (tertiary/aromatic N) is 2. The van der Waals surface area contributed by atoms with E-state index in [-0.39, 0.29) is 17.9 Å². The molecule has 210 valence electrons. The number of nitrogens with one attached hydrogen (secondary N) is 2. The Morgan fingerprint density at radius 1 is 1.21 bits per heavy atom. The molecule has 0 radical (unpaired) electrons. The van der Waals surface area contributed by atoms with Crippen LogP contribution >= 0.6 is 23.2 Å². The number of hydrogen-bond acceptors (Lipinski definition) is 5. The molecular weight excluding hydrogens is 539 g/mol. The van der Waals surface area contributed by atoms with Gasteiger partial charge in [-0.05, 0) is 43.0 Å². The molecule has 3 aromatic rings. The molecule has 2 heterocycles. The molecule has 1 aliphatic heterocycles. The van der Waals surface area contributed by atoms with Gasteiger partial charge in [-0.2, -0.15) is 0 Å². The van der Waals surface area contributed by atoms with Crippen LogP contribution in [0.25, 0.3) is 11.0 Å². The van der Waals surface area contributed by atoms with Crippen molar-refractivity contribution in [3.63, 3.8) is 0 Å². The Morgan fingerprint density at radius 2 is 1.97 bits per heavy atom. The van der Waals surface area contributed by atoms with Crippen molar-refractivity contribution >= 4 is 46.0 Å². The number of rotatable bonds is 9. The summed E-state index contributed by atoms with van der Waals surface area (Å²) in [4.78, 5) is 30.3. The molecule has 2 amide bonds. The number of hydrogen-bond donors (Lipinski definition) is 2. The third kappa shape index (κ3) is 6.68. The van der Waals surface area contributed by atoms with E-state index in [1.165, 1.54) is 0 Å². The molecule has 0 saturated carbocycles. The number of fused-ring (bicyclic) bond motifs is 1. The SMILES string of the molecule is CCOc1cc2c(cc1C(=O)NC[C@@H]1CCCO1)nc(Cc1c(Cl)ccc(CNC(=O)C(C)(C)C)c1Cl)n2C. The smallest absolute Gasteiger partial charge is 0.255 e. The first-order valence-corrected chi connectivity index (χ1v) is 14.0. The zero-order valence-corrected chi connectivity index (χ0v) is 24.6. The Bertz CT molecular complexity index is 1370. The van der Waals surface area contributed by atoms with Crippen molar-refractivity contribution in [2.75, 3.05) is 19.8 Å². The average Bonchev–Trinajstić information content (AvgIpc) is 3.51. The molecule has 4 rings (SSSR count). The highest BCUT2D eigenvalue weighted by Gasteiger charge is 2.23. The number of ether oxygens (including phenoxy) is 2. The van der Waals surface area contributed by atoms with Gasteiger partial charge in [0, 0.05) is 49.7 Å². The van der Waals surface area contributed by atoms with E-state index in [2.05, 4.69) is 10.6 Å². The van der Waals surface area contributed by atoms with Crippen LogP contribution in [0.15, 0.2) is 24.3 Å². The van der Waals surface area contributed by atoms with E-state index in [9.17, 15) is 9.59 Å². The van der Waals surface area contributed by atoms with Gasteiger partial charge in [0.2, 0.25) is 5.91 Å². The Labute approximate surface area is 239 Å². The highest BCUT2D eigenvalue weighted by molar-refractivity contribution is 6.36. The van der Waals surface area contributed by atoms with Gasteiger partial charge in [-0.3, -0.25) is 9.59 Å².